The van der Waals surface area contributed by atoms with Crippen LogP contribution in [0.4, 0.5) is 17.6 Å². The molecule has 1 aromatic carbocycles. The average Bonchev–Trinajstić information content (AvgIpc) is 2.80. The number of halogens is 4. The van der Waals surface area contributed by atoms with E-state index in [2.05, 4.69) is 10.3 Å². The van der Waals surface area contributed by atoms with E-state index < -0.39 is 23.6 Å². The van der Waals surface area contributed by atoms with Gasteiger partial charge >= 0.3 is 6.18 Å². The molecule has 148 valence electrons. The second kappa shape index (κ2) is 7.83. The standard InChI is InChI=1S/C18H15F4N3O3/c19-13-2-3-14-12(7-13)9-25(16(26)10-28-14)6-5-23-17(27)11-1-4-15(24-8-11)18(20,21)22/h1-4,7-8H,5-6,9-10H2,(H,23,27). The molecule has 0 radical (unpaired) electrons. The first kappa shape index (κ1) is 19.6. The smallest absolute Gasteiger partial charge is 0.433 e. The van der Waals surface area contributed by atoms with Gasteiger partial charge in [-0.05, 0) is 30.3 Å². The van der Waals surface area contributed by atoms with Crippen LogP contribution in [0.25, 0.3) is 0 Å². The summed E-state index contributed by atoms with van der Waals surface area (Å²) in [6, 6.07) is 5.69. The Labute approximate surface area is 157 Å². The van der Waals surface area contributed by atoms with Crippen molar-refractivity contribution in [3.8, 4) is 5.75 Å². The van der Waals surface area contributed by atoms with Gasteiger partial charge in [0.05, 0.1) is 5.56 Å². The lowest BCUT2D eigenvalue weighted by molar-refractivity contribution is -0.141. The van der Waals surface area contributed by atoms with Crippen molar-refractivity contribution in [1.29, 1.82) is 0 Å². The van der Waals surface area contributed by atoms with Gasteiger partial charge in [-0.2, -0.15) is 13.2 Å². The number of fused-ring (bicyclic) bond motifs is 1. The predicted octanol–water partition coefficient (Wildman–Crippen LogP) is 2.39. The fraction of sp³-hybridized carbons (Fsp3) is 0.278. The Balaban J connectivity index is 1.58. The second-order valence-corrected chi connectivity index (χ2v) is 6.04. The van der Waals surface area contributed by atoms with Crippen molar-refractivity contribution in [3.05, 3.63) is 59.2 Å². The van der Waals surface area contributed by atoms with E-state index in [-0.39, 0.29) is 37.7 Å². The van der Waals surface area contributed by atoms with Crippen molar-refractivity contribution in [2.45, 2.75) is 12.7 Å². The molecule has 0 saturated carbocycles. The molecule has 0 bridgehead atoms. The third-order valence-corrected chi connectivity index (χ3v) is 4.07. The van der Waals surface area contributed by atoms with Crippen LogP contribution < -0.4 is 10.1 Å². The van der Waals surface area contributed by atoms with Crippen molar-refractivity contribution < 1.29 is 31.9 Å². The zero-order valence-electron chi connectivity index (χ0n) is 14.4. The number of rotatable bonds is 4. The summed E-state index contributed by atoms with van der Waals surface area (Å²) in [5.41, 5.74) is -0.625. The molecule has 6 nitrogen and oxygen atoms in total. The summed E-state index contributed by atoms with van der Waals surface area (Å²) < 4.78 is 56.2. The number of nitrogens with zero attached hydrogens (tertiary/aromatic N) is 2. The van der Waals surface area contributed by atoms with Crippen molar-refractivity contribution in [3.63, 3.8) is 0 Å². The first-order valence-electron chi connectivity index (χ1n) is 8.24. The lowest BCUT2D eigenvalue weighted by atomic mass is 10.2. The first-order chi connectivity index (χ1) is 13.2. The van der Waals surface area contributed by atoms with Crippen LogP contribution in [0.15, 0.2) is 36.5 Å². The van der Waals surface area contributed by atoms with Gasteiger partial charge in [-0.3, -0.25) is 14.6 Å². The summed E-state index contributed by atoms with van der Waals surface area (Å²) >= 11 is 0. The number of carbonyl (C=O) groups is 2. The Kier molecular flexibility index (Phi) is 5.48. The SMILES string of the molecule is O=C(NCCN1Cc2cc(F)ccc2OCC1=O)c1ccc(C(F)(F)F)nc1. The van der Waals surface area contributed by atoms with Crippen molar-refractivity contribution in [2.24, 2.45) is 0 Å². The minimum Gasteiger partial charge on any atom is -0.483 e. The van der Waals surface area contributed by atoms with E-state index >= 15 is 0 Å². The second-order valence-electron chi connectivity index (χ2n) is 6.04. The molecule has 2 aromatic rings. The maximum Gasteiger partial charge on any atom is 0.433 e. The number of benzene rings is 1. The molecule has 3 rings (SSSR count). The molecule has 1 aliphatic rings. The number of nitrogens with one attached hydrogen (secondary N) is 1. The van der Waals surface area contributed by atoms with Crippen LogP contribution >= 0.6 is 0 Å². The Bertz CT molecular complexity index is 885. The zero-order valence-corrected chi connectivity index (χ0v) is 14.4. The van der Waals surface area contributed by atoms with Crippen LogP contribution in [0.3, 0.4) is 0 Å². The molecule has 1 aliphatic heterocycles. The Morgan fingerprint density at radius 3 is 2.71 bits per heavy atom. The lowest BCUT2D eigenvalue weighted by Gasteiger charge is -2.20. The molecule has 0 fully saturated rings. The van der Waals surface area contributed by atoms with E-state index in [0.29, 0.717) is 11.3 Å². The molecule has 1 aromatic heterocycles. The summed E-state index contributed by atoms with van der Waals surface area (Å²) in [6.45, 7) is 0.0766. The van der Waals surface area contributed by atoms with E-state index in [9.17, 15) is 27.2 Å². The largest absolute Gasteiger partial charge is 0.483 e. The van der Waals surface area contributed by atoms with Gasteiger partial charge in [0.25, 0.3) is 11.8 Å². The number of hydrogen-bond acceptors (Lipinski definition) is 4. The maximum atomic E-state index is 13.4. The van der Waals surface area contributed by atoms with Crippen LogP contribution in [-0.2, 0) is 17.5 Å². The van der Waals surface area contributed by atoms with Crippen LogP contribution in [0, 0.1) is 5.82 Å². The van der Waals surface area contributed by atoms with Crippen LogP contribution in [-0.4, -0.2) is 41.4 Å². The number of carbonyl (C=O) groups excluding carboxylic acids is 2. The summed E-state index contributed by atoms with van der Waals surface area (Å²) in [5.74, 6) is -0.995. The zero-order chi connectivity index (χ0) is 20.3. The van der Waals surface area contributed by atoms with Gasteiger partial charge in [0.2, 0.25) is 0 Å². The molecule has 1 N–H and O–H groups in total. The molecule has 0 spiro atoms. The molecule has 2 amide bonds. The minimum absolute atomic E-state index is 0.0362. The number of ether oxygens (including phenoxy) is 1. The Morgan fingerprint density at radius 1 is 1.25 bits per heavy atom. The van der Waals surface area contributed by atoms with Gasteiger partial charge in [-0.25, -0.2) is 4.39 Å². The average molecular weight is 397 g/mol. The Hall–Kier alpha value is -3.17. The number of amides is 2. The molecular formula is C18H15F4N3O3. The van der Waals surface area contributed by atoms with E-state index in [4.69, 9.17) is 4.74 Å². The number of pyridine rings is 1. The van der Waals surface area contributed by atoms with Crippen LogP contribution in [0.2, 0.25) is 0 Å². The van der Waals surface area contributed by atoms with Gasteiger partial charge in [0, 0.05) is 31.4 Å². The molecule has 0 aliphatic carbocycles. The van der Waals surface area contributed by atoms with Gasteiger partial charge in [0.15, 0.2) is 6.61 Å². The summed E-state index contributed by atoms with van der Waals surface area (Å²) in [4.78, 5) is 28.8. The topological polar surface area (TPSA) is 71.5 Å². The van der Waals surface area contributed by atoms with Crippen molar-refractivity contribution in [2.75, 3.05) is 19.7 Å². The highest BCUT2D eigenvalue weighted by Gasteiger charge is 2.32. The molecule has 0 unspecified atom stereocenters. The molecule has 0 atom stereocenters. The quantitative estimate of drug-likeness (QED) is 0.805. The predicted molar refractivity (Wildman–Crippen MR) is 88.9 cm³/mol. The minimum atomic E-state index is -4.58. The van der Waals surface area contributed by atoms with Crippen molar-refractivity contribution >= 4 is 11.8 Å². The van der Waals surface area contributed by atoms with Crippen LogP contribution in [0.5, 0.6) is 5.75 Å². The molecule has 28 heavy (non-hydrogen) atoms. The summed E-state index contributed by atoms with van der Waals surface area (Å²) in [5, 5.41) is 2.51. The van der Waals surface area contributed by atoms with Crippen LogP contribution in [0.1, 0.15) is 21.6 Å². The van der Waals surface area contributed by atoms with E-state index in [0.717, 1.165) is 18.3 Å². The lowest BCUT2D eigenvalue weighted by Crippen LogP contribution is -2.39. The molecular weight excluding hydrogens is 382 g/mol. The fourth-order valence-corrected chi connectivity index (χ4v) is 2.64. The van der Waals surface area contributed by atoms with Gasteiger partial charge in [0.1, 0.15) is 17.3 Å². The highest BCUT2D eigenvalue weighted by Crippen LogP contribution is 2.27. The first-order valence-corrected chi connectivity index (χ1v) is 8.24. The molecule has 2 heterocycles. The normalized spacial score (nSPS) is 14.1. The van der Waals surface area contributed by atoms with E-state index in [1.807, 2.05) is 0 Å². The summed E-state index contributed by atoms with van der Waals surface area (Å²) in [6.07, 6.45) is -3.75. The summed E-state index contributed by atoms with van der Waals surface area (Å²) in [7, 11) is 0. The van der Waals surface area contributed by atoms with Gasteiger partial charge in [-0.1, -0.05) is 0 Å². The van der Waals surface area contributed by atoms with E-state index in [1.165, 1.54) is 23.1 Å². The maximum absolute atomic E-state index is 13.4. The number of alkyl halides is 3. The number of hydrogen-bond donors (Lipinski definition) is 1. The van der Waals surface area contributed by atoms with Crippen molar-refractivity contribution in [1.82, 2.24) is 15.2 Å². The third kappa shape index (κ3) is 4.56. The number of aromatic nitrogens is 1. The third-order valence-electron chi connectivity index (χ3n) is 4.07. The monoisotopic (exact) mass is 397 g/mol. The Morgan fingerprint density at radius 2 is 2.04 bits per heavy atom. The van der Waals surface area contributed by atoms with E-state index in [1.54, 1.807) is 0 Å². The molecule has 0 saturated heterocycles. The fourth-order valence-electron chi connectivity index (χ4n) is 2.64. The molecule has 10 heteroatoms. The van der Waals surface area contributed by atoms with Gasteiger partial charge in [-0.15, -0.1) is 0 Å². The van der Waals surface area contributed by atoms with Gasteiger partial charge < -0.3 is 15.0 Å². The highest BCUT2D eigenvalue weighted by atomic mass is 19.4. The highest BCUT2D eigenvalue weighted by molar-refractivity contribution is 5.93.